The van der Waals surface area contributed by atoms with Crippen molar-refractivity contribution in [3.05, 3.63) is 52.3 Å². The Labute approximate surface area is 141 Å². The predicted molar refractivity (Wildman–Crippen MR) is 90.6 cm³/mol. The van der Waals surface area contributed by atoms with Crippen molar-refractivity contribution >= 4 is 17.5 Å². The van der Waals surface area contributed by atoms with E-state index in [2.05, 4.69) is 10.4 Å². The molecule has 2 rings (SSSR count). The highest BCUT2D eigenvalue weighted by molar-refractivity contribution is 6.33. The van der Waals surface area contributed by atoms with E-state index < -0.39 is 6.10 Å². The van der Waals surface area contributed by atoms with E-state index in [-0.39, 0.29) is 11.9 Å². The first-order chi connectivity index (χ1) is 10.9. The maximum atomic E-state index is 12.4. The zero-order valence-corrected chi connectivity index (χ0v) is 14.3. The zero-order valence-electron chi connectivity index (χ0n) is 13.6. The molecule has 1 aromatic carbocycles. The van der Waals surface area contributed by atoms with Gasteiger partial charge < -0.3 is 10.4 Å². The number of hydrogen-bond donors (Lipinski definition) is 2. The van der Waals surface area contributed by atoms with Crippen LogP contribution in [0.3, 0.4) is 0 Å². The van der Waals surface area contributed by atoms with Gasteiger partial charge in [-0.25, -0.2) is 0 Å². The minimum absolute atomic E-state index is 0.196. The summed E-state index contributed by atoms with van der Waals surface area (Å²) in [6.07, 6.45) is -0.199. The molecule has 0 saturated carbocycles. The van der Waals surface area contributed by atoms with Crippen LogP contribution in [-0.4, -0.2) is 26.8 Å². The largest absolute Gasteiger partial charge is 0.388 e. The number of nitrogens with one attached hydrogen (secondary N) is 1. The number of benzene rings is 1. The van der Waals surface area contributed by atoms with Crippen molar-refractivity contribution in [1.82, 2.24) is 15.1 Å². The van der Waals surface area contributed by atoms with Crippen LogP contribution in [0.2, 0.25) is 5.15 Å². The maximum absolute atomic E-state index is 12.4. The Bertz CT molecular complexity index is 670. The van der Waals surface area contributed by atoms with Crippen LogP contribution in [0.15, 0.2) is 30.3 Å². The van der Waals surface area contributed by atoms with E-state index >= 15 is 0 Å². The first kappa shape index (κ1) is 17.5. The lowest BCUT2D eigenvalue weighted by Crippen LogP contribution is -2.34. The van der Waals surface area contributed by atoms with Crippen LogP contribution in [0, 0.1) is 6.92 Å². The number of aliphatic hydroxyl groups is 1. The Morgan fingerprint density at radius 2 is 2.04 bits per heavy atom. The van der Waals surface area contributed by atoms with Crippen molar-refractivity contribution < 1.29 is 9.90 Å². The summed E-state index contributed by atoms with van der Waals surface area (Å²) in [4.78, 5) is 12.4. The van der Waals surface area contributed by atoms with E-state index in [4.69, 9.17) is 11.6 Å². The molecule has 23 heavy (non-hydrogen) atoms. The number of hydrogen-bond acceptors (Lipinski definition) is 3. The highest BCUT2D eigenvalue weighted by Gasteiger charge is 2.22. The lowest BCUT2D eigenvalue weighted by Gasteiger charge is -2.18. The molecular formula is C17H22ClN3O2. The van der Waals surface area contributed by atoms with E-state index in [0.29, 0.717) is 29.4 Å². The molecule has 0 aliphatic heterocycles. The van der Waals surface area contributed by atoms with Gasteiger partial charge in [0.15, 0.2) is 0 Å². The number of aromatic nitrogens is 2. The Balaban J connectivity index is 2.01. The van der Waals surface area contributed by atoms with Crippen LogP contribution in [0.1, 0.15) is 48.0 Å². The Morgan fingerprint density at radius 1 is 1.39 bits per heavy atom. The third kappa shape index (κ3) is 4.12. The van der Waals surface area contributed by atoms with Crippen molar-refractivity contribution in [2.75, 3.05) is 0 Å². The topological polar surface area (TPSA) is 67.2 Å². The molecule has 0 bridgehead atoms. The molecule has 1 aromatic heterocycles. The van der Waals surface area contributed by atoms with Crippen LogP contribution in [-0.2, 0) is 6.54 Å². The number of rotatable bonds is 6. The van der Waals surface area contributed by atoms with E-state index in [1.807, 2.05) is 44.2 Å². The third-order valence-electron chi connectivity index (χ3n) is 3.73. The monoisotopic (exact) mass is 335 g/mol. The van der Waals surface area contributed by atoms with Gasteiger partial charge in [-0.3, -0.25) is 9.48 Å². The summed E-state index contributed by atoms with van der Waals surface area (Å²) in [7, 11) is 0. The predicted octanol–water partition coefficient (Wildman–Crippen LogP) is 3.11. The van der Waals surface area contributed by atoms with Gasteiger partial charge >= 0.3 is 0 Å². The van der Waals surface area contributed by atoms with Crippen LogP contribution in [0.25, 0.3) is 0 Å². The van der Waals surface area contributed by atoms with Gasteiger partial charge in [0.05, 0.1) is 17.4 Å². The average Bonchev–Trinajstić information content (AvgIpc) is 2.82. The molecule has 5 nitrogen and oxygen atoms in total. The highest BCUT2D eigenvalue weighted by Crippen LogP contribution is 2.21. The van der Waals surface area contributed by atoms with E-state index in [1.165, 1.54) is 0 Å². The quantitative estimate of drug-likeness (QED) is 0.852. The average molecular weight is 336 g/mol. The summed E-state index contributed by atoms with van der Waals surface area (Å²) in [6, 6.07) is 9.20. The molecule has 0 saturated heterocycles. The van der Waals surface area contributed by atoms with Gasteiger partial charge in [-0.05, 0) is 32.8 Å². The van der Waals surface area contributed by atoms with E-state index in [0.717, 1.165) is 5.56 Å². The number of halogens is 1. The second-order valence-corrected chi connectivity index (χ2v) is 5.96. The number of carbonyl (C=O) groups is 1. The van der Waals surface area contributed by atoms with Gasteiger partial charge in [0.1, 0.15) is 5.15 Å². The molecule has 0 radical (unpaired) electrons. The van der Waals surface area contributed by atoms with Gasteiger partial charge in [0.2, 0.25) is 0 Å². The fourth-order valence-corrected chi connectivity index (χ4v) is 2.90. The van der Waals surface area contributed by atoms with Crippen molar-refractivity contribution in [3.8, 4) is 0 Å². The molecule has 1 amide bonds. The first-order valence-electron chi connectivity index (χ1n) is 7.70. The Morgan fingerprint density at radius 3 is 2.61 bits per heavy atom. The molecule has 0 aliphatic rings. The maximum Gasteiger partial charge on any atom is 0.256 e. The molecule has 124 valence electrons. The summed E-state index contributed by atoms with van der Waals surface area (Å²) in [5.41, 5.74) is 1.83. The van der Waals surface area contributed by atoms with Crippen LogP contribution < -0.4 is 5.32 Å². The number of aryl methyl sites for hydroxylation is 2. The molecule has 0 spiro atoms. The van der Waals surface area contributed by atoms with Crippen molar-refractivity contribution in [3.63, 3.8) is 0 Å². The number of amides is 1. The number of aliphatic hydroxyl groups excluding tert-OH is 1. The molecule has 2 aromatic rings. The van der Waals surface area contributed by atoms with Crippen LogP contribution in [0.4, 0.5) is 0 Å². The minimum Gasteiger partial charge on any atom is -0.388 e. The van der Waals surface area contributed by atoms with Crippen LogP contribution >= 0.6 is 11.6 Å². The van der Waals surface area contributed by atoms with Crippen molar-refractivity contribution in [2.24, 2.45) is 0 Å². The second-order valence-electron chi connectivity index (χ2n) is 5.60. The number of nitrogens with zero attached hydrogens (tertiary/aromatic N) is 2. The molecule has 2 unspecified atom stereocenters. The molecule has 0 fully saturated rings. The number of carbonyl (C=O) groups excluding carboxylic acids is 1. The Hall–Kier alpha value is -1.85. The highest BCUT2D eigenvalue weighted by atomic mass is 35.5. The van der Waals surface area contributed by atoms with Gasteiger partial charge in [0.25, 0.3) is 5.91 Å². The lowest BCUT2D eigenvalue weighted by atomic mass is 10.0. The Kier molecular flexibility index (Phi) is 5.80. The fraction of sp³-hybridized carbons (Fsp3) is 0.412. The first-order valence-corrected chi connectivity index (χ1v) is 8.08. The smallest absolute Gasteiger partial charge is 0.256 e. The second kappa shape index (κ2) is 7.62. The fourth-order valence-electron chi connectivity index (χ4n) is 2.52. The van der Waals surface area contributed by atoms with Gasteiger partial charge in [-0.1, -0.05) is 41.9 Å². The van der Waals surface area contributed by atoms with Gasteiger partial charge in [-0.15, -0.1) is 0 Å². The normalized spacial score (nSPS) is 13.6. The van der Waals surface area contributed by atoms with Gasteiger partial charge in [0, 0.05) is 12.6 Å². The van der Waals surface area contributed by atoms with Crippen LogP contribution in [0.5, 0.6) is 0 Å². The molecule has 6 heteroatoms. The molecule has 2 N–H and O–H groups in total. The summed E-state index contributed by atoms with van der Waals surface area (Å²) in [6.45, 7) is 6.14. The van der Waals surface area contributed by atoms with E-state index in [1.54, 1.807) is 11.6 Å². The van der Waals surface area contributed by atoms with E-state index in [9.17, 15) is 9.90 Å². The molecule has 2 atom stereocenters. The van der Waals surface area contributed by atoms with Crippen molar-refractivity contribution in [2.45, 2.75) is 45.9 Å². The standard InChI is InChI=1S/C17H22ClN3O2/c1-4-21-16(18)15(12(3)20-21)17(23)19-11(2)10-14(22)13-8-6-5-7-9-13/h5-9,11,14,22H,4,10H2,1-3H3,(H,19,23). The third-order valence-corrected chi connectivity index (χ3v) is 4.11. The van der Waals surface area contributed by atoms with Crippen molar-refractivity contribution in [1.29, 1.82) is 0 Å². The molecule has 1 heterocycles. The minimum atomic E-state index is -0.624. The van der Waals surface area contributed by atoms with Gasteiger partial charge in [-0.2, -0.15) is 5.10 Å². The zero-order chi connectivity index (χ0) is 17.0. The summed E-state index contributed by atoms with van der Waals surface area (Å²) >= 11 is 6.20. The summed E-state index contributed by atoms with van der Waals surface area (Å²) < 4.78 is 1.59. The summed E-state index contributed by atoms with van der Waals surface area (Å²) in [5.74, 6) is -0.264. The molecular weight excluding hydrogens is 314 g/mol. The molecule has 0 aliphatic carbocycles. The summed E-state index contributed by atoms with van der Waals surface area (Å²) in [5, 5.41) is 17.7. The SMILES string of the molecule is CCn1nc(C)c(C(=O)NC(C)CC(O)c2ccccc2)c1Cl. The lowest BCUT2D eigenvalue weighted by molar-refractivity contribution is 0.0916.